The molecule has 1 fully saturated rings. The maximum Gasteiger partial charge on any atom is 0.280 e. The number of H-pyrrole nitrogens is 2. The van der Waals surface area contributed by atoms with E-state index in [9.17, 15) is 4.79 Å². The van der Waals surface area contributed by atoms with E-state index in [0.717, 1.165) is 18.4 Å². The molecule has 12 nitrogen and oxygen atoms in total. The molecule has 0 radical (unpaired) electrons. The highest BCUT2D eigenvalue weighted by Gasteiger charge is 2.27. The Morgan fingerprint density at radius 3 is 3.00 bits per heavy atom. The van der Waals surface area contributed by atoms with E-state index in [1.807, 2.05) is 0 Å². The van der Waals surface area contributed by atoms with E-state index in [4.69, 9.17) is 15.6 Å². The SMILES string of the molecule is Nc1nc2c(ncn2[C@H]2CC[C@@H](CO)O2)c(=O)[nH]1.c1ncc2[nH]cnc2n1. The lowest BCUT2D eigenvalue weighted by atomic mass is 10.2. The molecule has 0 bridgehead atoms. The second-order valence-electron chi connectivity index (χ2n) is 5.91. The largest absolute Gasteiger partial charge is 0.394 e. The van der Waals surface area contributed by atoms with E-state index in [0.29, 0.717) is 11.3 Å². The van der Waals surface area contributed by atoms with Crippen molar-refractivity contribution >= 4 is 28.3 Å². The second-order valence-corrected chi connectivity index (χ2v) is 5.91. The van der Waals surface area contributed by atoms with Crippen LogP contribution in [0.4, 0.5) is 5.95 Å². The van der Waals surface area contributed by atoms with Crippen LogP contribution in [-0.4, -0.2) is 57.3 Å². The summed E-state index contributed by atoms with van der Waals surface area (Å²) in [5, 5.41) is 9.04. The second kappa shape index (κ2) is 7.09. The molecule has 0 unspecified atom stereocenters. The molecule has 4 aromatic rings. The average molecular weight is 371 g/mol. The Kier molecular flexibility index (Phi) is 4.48. The number of fused-ring (bicyclic) bond motifs is 2. The van der Waals surface area contributed by atoms with Crippen molar-refractivity contribution in [3.8, 4) is 0 Å². The fourth-order valence-corrected chi connectivity index (χ4v) is 2.87. The molecule has 1 aliphatic heterocycles. The van der Waals surface area contributed by atoms with E-state index in [-0.39, 0.29) is 36.0 Å². The Labute approximate surface area is 151 Å². The van der Waals surface area contributed by atoms with E-state index in [1.165, 1.54) is 12.7 Å². The summed E-state index contributed by atoms with van der Waals surface area (Å²) >= 11 is 0. The summed E-state index contributed by atoms with van der Waals surface area (Å²) in [5.41, 5.74) is 7.37. The zero-order valence-electron chi connectivity index (χ0n) is 14.1. The number of hydrogen-bond donors (Lipinski definition) is 4. The molecular formula is C15H17N9O3. The number of ether oxygens (including phenoxy) is 1. The Hall–Kier alpha value is -3.38. The van der Waals surface area contributed by atoms with Crippen molar-refractivity contribution in [3.05, 3.63) is 35.5 Å². The van der Waals surface area contributed by atoms with Crippen LogP contribution < -0.4 is 11.3 Å². The molecule has 140 valence electrons. The van der Waals surface area contributed by atoms with Gasteiger partial charge in [-0.3, -0.25) is 14.3 Å². The minimum Gasteiger partial charge on any atom is -0.394 e. The molecule has 5 heterocycles. The summed E-state index contributed by atoms with van der Waals surface area (Å²) in [6, 6.07) is 0. The molecular weight excluding hydrogens is 354 g/mol. The van der Waals surface area contributed by atoms with E-state index >= 15 is 0 Å². The van der Waals surface area contributed by atoms with E-state index < -0.39 is 0 Å². The van der Waals surface area contributed by atoms with Crippen LogP contribution in [0.5, 0.6) is 0 Å². The van der Waals surface area contributed by atoms with Crippen molar-refractivity contribution in [2.45, 2.75) is 25.2 Å². The van der Waals surface area contributed by atoms with E-state index in [2.05, 4.69) is 34.9 Å². The van der Waals surface area contributed by atoms with Crippen LogP contribution in [-0.2, 0) is 4.74 Å². The third-order valence-electron chi connectivity index (χ3n) is 4.15. The van der Waals surface area contributed by atoms with Gasteiger partial charge >= 0.3 is 0 Å². The van der Waals surface area contributed by atoms with Crippen molar-refractivity contribution in [2.24, 2.45) is 0 Å². The monoisotopic (exact) mass is 371 g/mol. The number of nitrogens with zero attached hydrogens (tertiary/aromatic N) is 6. The topological polar surface area (TPSA) is 174 Å². The van der Waals surface area contributed by atoms with Crippen LogP contribution in [0.2, 0.25) is 0 Å². The first-order valence-electron chi connectivity index (χ1n) is 8.23. The minimum atomic E-state index is -0.368. The highest BCUT2D eigenvalue weighted by atomic mass is 16.5. The minimum absolute atomic E-state index is 0.0146. The quantitative estimate of drug-likeness (QED) is 0.369. The summed E-state index contributed by atoms with van der Waals surface area (Å²) < 4.78 is 7.30. The van der Waals surface area contributed by atoms with E-state index in [1.54, 1.807) is 17.1 Å². The highest BCUT2D eigenvalue weighted by Crippen LogP contribution is 2.29. The van der Waals surface area contributed by atoms with Crippen molar-refractivity contribution in [1.29, 1.82) is 0 Å². The molecule has 0 aliphatic carbocycles. The normalized spacial score (nSPS) is 19.3. The number of aromatic amines is 2. The van der Waals surface area contributed by atoms with Gasteiger partial charge in [-0.15, -0.1) is 0 Å². The molecule has 4 aromatic heterocycles. The van der Waals surface area contributed by atoms with Crippen molar-refractivity contribution in [3.63, 3.8) is 0 Å². The lowest BCUT2D eigenvalue weighted by Crippen LogP contribution is -2.16. The molecule has 5 N–H and O–H groups in total. The summed E-state index contributed by atoms with van der Waals surface area (Å²) in [4.78, 5) is 36.6. The Bertz CT molecular complexity index is 1090. The van der Waals surface area contributed by atoms with Gasteiger partial charge in [-0.05, 0) is 12.8 Å². The van der Waals surface area contributed by atoms with Crippen LogP contribution in [0.1, 0.15) is 19.1 Å². The van der Waals surface area contributed by atoms with Gasteiger partial charge in [0.05, 0.1) is 31.6 Å². The molecule has 0 spiro atoms. The molecule has 0 amide bonds. The lowest BCUT2D eigenvalue weighted by molar-refractivity contribution is -0.0207. The number of nitrogens with two attached hydrogens (primary N) is 1. The number of imidazole rings is 2. The predicted octanol–water partition coefficient (Wildman–Crippen LogP) is -0.275. The van der Waals surface area contributed by atoms with Gasteiger partial charge in [0.1, 0.15) is 18.1 Å². The third kappa shape index (κ3) is 3.35. The van der Waals surface area contributed by atoms with Crippen molar-refractivity contribution in [1.82, 2.24) is 39.5 Å². The summed E-state index contributed by atoms with van der Waals surface area (Å²) in [5.74, 6) is 0.0472. The zero-order chi connectivity index (χ0) is 18.8. The fourth-order valence-electron chi connectivity index (χ4n) is 2.87. The summed E-state index contributed by atoms with van der Waals surface area (Å²) in [7, 11) is 0. The summed E-state index contributed by atoms with van der Waals surface area (Å²) in [6.07, 6.45) is 7.34. The Morgan fingerprint density at radius 2 is 2.22 bits per heavy atom. The maximum atomic E-state index is 11.6. The number of rotatable bonds is 2. The third-order valence-corrected chi connectivity index (χ3v) is 4.15. The number of hydrogen-bond acceptors (Lipinski definition) is 9. The van der Waals surface area contributed by atoms with Crippen molar-refractivity contribution in [2.75, 3.05) is 12.3 Å². The lowest BCUT2D eigenvalue weighted by Gasteiger charge is -2.13. The number of nitrogens with one attached hydrogen (secondary N) is 2. The molecule has 12 heteroatoms. The molecule has 1 saturated heterocycles. The van der Waals surface area contributed by atoms with Gasteiger partial charge in [0.15, 0.2) is 16.8 Å². The molecule has 0 aromatic carbocycles. The molecule has 5 rings (SSSR count). The number of nitrogen functional groups attached to an aromatic ring is 1. The maximum absolute atomic E-state index is 11.6. The molecule has 0 saturated carbocycles. The van der Waals surface area contributed by atoms with Gasteiger partial charge in [0, 0.05) is 0 Å². The zero-order valence-corrected chi connectivity index (χ0v) is 14.1. The number of aliphatic hydroxyl groups excluding tert-OH is 1. The first-order chi connectivity index (χ1) is 13.2. The molecule has 1 aliphatic rings. The van der Waals surface area contributed by atoms with Crippen LogP contribution in [0, 0.1) is 0 Å². The smallest absolute Gasteiger partial charge is 0.280 e. The average Bonchev–Trinajstić information content (AvgIpc) is 3.40. The van der Waals surface area contributed by atoms with Gasteiger partial charge in [0.25, 0.3) is 5.56 Å². The Morgan fingerprint density at radius 1 is 1.33 bits per heavy atom. The first kappa shape index (κ1) is 17.1. The first-order valence-corrected chi connectivity index (χ1v) is 8.23. The highest BCUT2D eigenvalue weighted by molar-refractivity contribution is 5.70. The molecule has 2 atom stereocenters. The number of aliphatic hydroxyl groups is 1. The Balaban J connectivity index is 0.000000167. The van der Waals surface area contributed by atoms with Crippen LogP contribution in [0.3, 0.4) is 0 Å². The summed E-state index contributed by atoms with van der Waals surface area (Å²) in [6.45, 7) is -0.0146. The van der Waals surface area contributed by atoms with Gasteiger partial charge in [-0.25, -0.2) is 19.9 Å². The standard InChI is InChI=1S/C10H13N5O3.C5H4N4/c11-10-13-8-7(9(17)14-10)12-4-15(8)6-2-1-5(3-16)18-6;1-4-5(8-2-6-1)9-3-7-4/h4-6,16H,1-3H2,(H3,11,13,14,17);1-3H,(H,6,7,8,9)/t5-,6+;/m0./s1. The number of anilines is 1. The van der Waals surface area contributed by atoms with Crippen LogP contribution in [0.25, 0.3) is 22.3 Å². The van der Waals surface area contributed by atoms with Gasteiger partial charge in [-0.1, -0.05) is 0 Å². The fraction of sp³-hybridized carbons (Fsp3) is 0.333. The van der Waals surface area contributed by atoms with Crippen molar-refractivity contribution < 1.29 is 9.84 Å². The molecule has 27 heavy (non-hydrogen) atoms. The van der Waals surface area contributed by atoms with Gasteiger partial charge in [0.2, 0.25) is 5.95 Å². The van der Waals surface area contributed by atoms with Crippen LogP contribution >= 0.6 is 0 Å². The van der Waals surface area contributed by atoms with Crippen LogP contribution in [0.15, 0.2) is 30.0 Å². The predicted molar refractivity (Wildman–Crippen MR) is 94.5 cm³/mol. The van der Waals surface area contributed by atoms with Gasteiger partial charge < -0.3 is 20.6 Å². The number of aromatic nitrogens is 8. The van der Waals surface area contributed by atoms with Gasteiger partial charge in [-0.2, -0.15) is 4.98 Å².